The monoisotopic (exact) mass is 385 g/mol. The average Bonchev–Trinajstić information content (AvgIpc) is 3.36. The molecule has 1 fully saturated rings. The van der Waals surface area contributed by atoms with E-state index in [2.05, 4.69) is 0 Å². The van der Waals surface area contributed by atoms with E-state index in [0.717, 1.165) is 48.2 Å². The van der Waals surface area contributed by atoms with Crippen molar-refractivity contribution in [2.75, 3.05) is 26.8 Å². The summed E-state index contributed by atoms with van der Waals surface area (Å²) in [5.74, 6) is 0.375. The predicted octanol–water partition coefficient (Wildman–Crippen LogP) is 3.58. The molecule has 2 heterocycles. The number of nitrogens with zero attached hydrogens (tertiary/aromatic N) is 1. The predicted molar refractivity (Wildman–Crippen MR) is 107 cm³/mol. The van der Waals surface area contributed by atoms with E-state index in [1.807, 2.05) is 37.3 Å². The molecule has 3 rings (SSSR count). The Morgan fingerprint density at radius 1 is 1.32 bits per heavy atom. The lowest BCUT2D eigenvalue weighted by atomic mass is 10.1. The molecule has 0 saturated carbocycles. The molecular weight excluding hydrogens is 358 g/mol. The van der Waals surface area contributed by atoms with Crippen LogP contribution in [-0.2, 0) is 25.5 Å². The van der Waals surface area contributed by atoms with Crippen molar-refractivity contribution in [1.82, 2.24) is 4.90 Å². The molecule has 1 saturated heterocycles. The third kappa shape index (κ3) is 4.81. The van der Waals surface area contributed by atoms with E-state index < -0.39 is 0 Å². The smallest absolute Gasteiger partial charge is 0.307 e. The molecule has 28 heavy (non-hydrogen) atoms. The summed E-state index contributed by atoms with van der Waals surface area (Å²) in [4.78, 5) is 26.1. The van der Waals surface area contributed by atoms with Crippen LogP contribution in [0.25, 0.3) is 17.0 Å². The van der Waals surface area contributed by atoms with Crippen molar-refractivity contribution >= 4 is 28.9 Å². The Balaban J connectivity index is 1.77. The van der Waals surface area contributed by atoms with Crippen LogP contribution >= 0.6 is 0 Å². The number of carbonyl (C=O) groups excluding carboxylic acids is 2. The fourth-order valence-corrected chi connectivity index (χ4v) is 3.48. The van der Waals surface area contributed by atoms with Crippen molar-refractivity contribution in [3.63, 3.8) is 0 Å². The number of carbonyl (C=O) groups is 2. The van der Waals surface area contributed by atoms with E-state index in [1.165, 1.54) is 7.11 Å². The number of amides is 1. The largest absolute Gasteiger partial charge is 0.469 e. The van der Waals surface area contributed by atoms with E-state index in [-0.39, 0.29) is 24.4 Å². The topological polar surface area (TPSA) is 69.0 Å². The van der Waals surface area contributed by atoms with E-state index in [4.69, 9.17) is 13.9 Å². The van der Waals surface area contributed by atoms with Gasteiger partial charge in [0, 0.05) is 43.1 Å². The van der Waals surface area contributed by atoms with Crippen LogP contribution in [0.2, 0.25) is 0 Å². The fraction of sp³-hybridized carbons (Fsp3) is 0.455. The van der Waals surface area contributed by atoms with Crippen molar-refractivity contribution in [1.29, 1.82) is 0 Å². The summed E-state index contributed by atoms with van der Waals surface area (Å²) in [6.07, 6.45) is 6.23. The van der Waals surface area contributed by atoms with Crippen LogP contribution < -0.4 is 0 Å². The third-order valence-electron chi connectivity index (χ3n) is 5.00. The Hall–Kier alpha value is -2.60. The van der Waals surface area contributed by atoms with Gasteiger partial charge in [0.2, 0.25) is 5.91 Å². The average molecular weight is 385 g/mol. The van der Waals surface area contributed by atoms with Crippen LogP contribution in [0.1, 0.15) is 37.5 Å². The first-order valence-electron chi connectivity index (χ1n) is 9.78. The Morgan fingerprint density at radius 2 is 2.14 bits per heavy atom. The molecule has 6 heteroatoms. The standard InChI is InChI=1S/C22H27NO5/c1-3-19-18(17-8-4-5-9-20(17)28-19)10-11-21(24)23(13-12-22(25)26-2)15-16-7-6-14-27-16/h4-5,8-11,16H,3,6-7,12-15H2,1-2H3/b11-10+. The van der Waals surface area contributed by atoms with Crippen molar-refractivity contribution in [3.05, 3.63) is 41.7 Å². The minimum absolute atomic E-state index is 0.0240. The Bertz CT molecular complexity index is 848. The van der Waals surface area contributed by atoms with Gasteiger partial charge in [0.25, 0.3) is 0 Å². The molecule has 1 aliphatic heterocycles. The highest BCUT2D eigenvalue weighted by atomic mass is 16.5. The van der Waals surface area contributed by atoms with Crippen LogP contribution in [-0.4, -0.2) is 49.7 Å². The van der Waals surface area contributed by atoms with Crippen LogP contribution in [0, 0.1) is 0 Å². The van der Waals surface area contributed by atoms with E-state index in [0.29, 0.717) is 13.1 Å². The number of benzene rings is 1. The molecule has 1 aromatic carbocycles. The number of furan rings is 1. The second-order valence-corrected chi connectivity index (χ2v) is 6.87. The Morgan fingerprint density at radius 3 is 2.86 bits per heavy atom. The number of hydrogen-bond donors (Lipinski definition) is 0. The van der Waals surface area contributed by atoms with E-state index in [9.17, 15) is 9.59 Å². The van der Waals surface area contributed by atoms with Gasteiger partial charge in [0.05, 0.1) is 19.6 Å². The number of hydrogen-bond acceptors (Lipinski definition) is 5. The molecule has 2 aromatic rings. The summed E-state index contributed by atoms with van der Waals surface area (Å²) in [7, 11) is 1.35. The van der Waals surface area contributed by atoms with Crippen molar-refractivity contribution < 1.29 is 23.5 Å². The quantitative estimate of drug-likeness (QED) is 0.513. The van der Waals surface area contributed by atoms with Gasteiger partial charge in [0.15, 0.2) is 0 Å². The normalized spacial score (nSPS) is 16.7. The van der Waals surface area contributed by atoms with Gasteiger partial charge in [0.1, 0.15) is 11.3 Å². The van der Waals surface area contributed by atoms with Gasteiger partial charge in [-0.05, 0) is 25.0 Å². The van der Waals surface area contributed by atoms with Gasteiger partial charge in [-0.15, -0.1) is 0 Å². The maximum Gasteiger partial charge on any atom is 0.307 e. The molecule has 1 amide bonds. The minimum atomic E-state index is -0.330. The summed E-state index contributed by atoms with van der Waals surface area (Å²) in [5, 5.41) is 0.989. The Labute approximate surface area is 165 Å². The lowest BCUT2D eigenvalue weighted by Gasteiger charge is -2.24. The molecule has 1 unspecified atom stereocenters. The molecule has 1 aromatic heterocycles. The van der Waals surface area contributed by atoms with Crippen LogP contribution in [0.15, 0.2) is 34.8 Å². The SMILES string of the molecule is CCc1oc2ccccc2c1/C=C/C(=O)N(CCC(=O)OC)CC1CCCO1. The number of esters is 1. The maximum atomic E-state index is 12.9. The summed E-state index contributed by atoms with van der Waals surface area (Å²) in [5.41, 5.74) is 1.74. The van der Waals surface area contributed by atoms with Gasteiger partial charge in [-0.3, -0.25) is 9.59 Å². The van der Waals surface area contributed by atoms with Crippen molar-refractivity contribution in [3.8, 4) is 0 Å². The van der Waals surface area contributed by atoms with Gasteiger partial charge in [-0.25, -0.2) is 0 Å². The number of fused-ring (bicyclic) bond motifs is 1. The number of rotatable bonds is 8. The van der Waals surface area contributed by atoms with Gasteiger partial charge in [-0.1, -0.05) is 25.1 Å². The van der Waals surface area contributed by atoms with E-state index >= 15 is 0 Å². The van der Waals surface area contributed by atoms with Gasteiger partial charge >= 0.3 is 5.97 Å². The lowest BCUT2D eigenvalue weighted by molar-refractivity contribution is -0.141. The summed E-state index contributed by atoms with van der Waals surface area (Å²) < 4.78 is 16.3. The first-order chi connectivity index (χ1) is 13.6. The number of para-hydroxylation sites is 1. The summed E-state index contributed by atoms with van der Waals surface area (Å²) >= 11 is 0. The second-order valence-electron chi connectivity index (χ2n) is 6.87. The van der Waals surface area contributed by atoms with Crippen molar-refractivity contribution in [2.24, 2.45) is 0 Å². The van der Waals surface area contributed by atoms with Crippen LogP contribution in [0.3, 0.4) is 0 Å². The highest BCUT2D eigenvalue weighted by Gasteiger charge is 2.22. The maximum absolute atomic E-state index is 12.9. The molecular formula is C22H27NO5. The molecule has 0 bridgehead atoms. The molecule has 0 spiro atoms. The van der Waals surface area contributed by atoms with Crippen LogP contribution in [0.5, 0.6) is 0 Å². The third-order valence-corrected chi connectivity index (χ3v) is 5.00. The molecule has 1 aliphatic rings. The molecule has 0 N–H and O–H groups in total. The minimum Gasteiger partial charge on any atom is -0.469 e. The van der Waals surface area contributed by atoms with E-state index in [1.54, 1.807) is 11.0 Å². The molecule has 0 radical (unpaired) electrons. The lowest BCUT2D eigenvalue weighted by Crippen LogP contribution is -2.37. The van der Waals surface area contributed by atoms with Gasteiger partial charge in [-0.2, -0.15) is 0 Å². The zero-order chi connectivity index (χ0) is 19.9. The molecule has 0 aliphatic carbocycles. The molecule has 6 nitrogen and oxygen atoms in total. The van der Waals surface area contributed by atoms with Crippen LogP contribution in [0.4, 0.5) is 0 Å². The van der Waals surface area contributed by atoms with Gasteiger partial charge < -0.3 is 18.8 Å². The Kier molecular flexibility index (Phi) is 6.87. The second kappa shape index (κ2) is 9.55. The first-order valence-corrected chi connectivity index (χ1v) is 9.78. The highest BCUT2D eigenvalue weighted by Crippen LogP contribution is 2.27. The molecule has 150 valence electrons. The number of methoxy groups -OCH3 is 1. The summed E-state index contributed by atoms with van der Waals surface area (Å²) in [6.45, 7) is 3.53. The molecule has 1 atom stereocenters. The zero-order valence-corrected chi connectivity index (χ0v) is 16.5. The highest BCUT2D eigenvalue weighted by molar-refractivity contribution is 5.96. The fourth-order valence-electron chi connectivity index (χ4n) is 3.48. The first kappa shape index (κ1) is 20.1. The summed E-state index contributed by atoms with van der Waals surface area (Å²) in [6, 6.07) is 7.80. The number of ether oxygens (including phenoxy) is 2. The zero-order valence-electron chi connectivity index (χ0n) is 16.5. The number of aryl methyl sites for hydroxylation is 1. The van der Waals surface area contributed by atoms with Crippen molar-refractivity contribution in [2.45, 2.75) is 38.7 Å².